The van der Waals surface area contributed by atoms with Crippen molar-refractivity contribution in [2.75, 3.05) is 46.1 Å². The Kier molecular flexibility index (Phi) is 8.81. The average Bonchev–Trinajstić information content (AvgIpc) is 2.06. The second kappa shape index (κ2) is 8.93. The van der Waals surface area contributed by atoms with Crippen molar-refractivity contribution in [1.29, 1.82) is 0 Å². The molecule has 12 heavy (non-hydrogen) atoms. The van der Waals surface area contributed by atoms with Crippen molar-refractivity contribution < 1.29 is 14.9 Å². The molecule has 0 atom stereocenters. The number of aliphatic hydroxyl groups is 2. The number of ether oxygens (including phenoxy) is 1. The van der Waals surface area contributed by atoms with E-state index in [2.05, 4.69) is 0 Å². The smallest absolute Gasteiger partial charge is 0.0593 e. The topological polar surface area (TPSA) is 52.9 Å². The van der Waals surface area contributed by atoms with Gasteiger partial charge in [-0.05, 0) is 6.92 Å². The van der Waals surface area contributed by atoms with E-state index in [1.54, 1.807) is 0 Å². The number of nitrogens with zero attached hydrogens (tertiary/aromatic N) is 1. The van der Waals surface area contributed by atoms with Crippen LogP contribution in [-0.4, -0.2) is 61.2 Å². The first-order chi connectivity index (χ1) is 5.85. The summed E-state index contributed by atoms with van der Waals surface area (Å²) >= 11 is 0. The summed E-state index contributed by atoms with van der Waals surface area (Å²) in [7, 11) is 0. The molecular formula is C8H19NO3. The molecule has 0 spiro atoms. The Hall–Kier alpha value is -0.160. The molecule has 0 amide bonds. The van der Waals surface area contributed by atoms with Crippen molar-refractivity contribution in [2.45, 2.75) is 6.92 Å². The van der Waals surface area contributed by atoms with E-state index in [1.165, 1.54) is 0 Å². The van der Waals surface area contributed by atoms with Crippen LogP contribution in [0.4, 0.5) is 0 Å². The fourth-order valence-electron chi connectivity index (χ4n) is 0.956. The Balaban J connectivity index is 3.34. The molecule has 0 saturated carbocycles. The molecule has 0 unspecified atom stereocenters. The maximum Gasteiger partial charge on any atom is 0.0593 e. The van der Waals surface area contributed by atoms with E-state index >= 15 is 0 Å². The van der Waals surface area contributed by atoms with Gasteiger partial charge in [-0.1, -0.05) is 0 Å². The number of hydrogen-bond acceptors (Lipinski definition) is 4. The van der Waals surface area contributed by atoms with Gasteiger partial charge in [0.05, 0.1) is 19.8 Å². The first kappa shape index (κ1) is 11.8. The molecule has 0 aromatic carbocycles. The van der Waals surface area contributed by atoms with E-state index < -0.39 is 0 Å². The zero-order valence-electron chi connectivity index (χ0n) is 7.70. The van der Waals surface area contributed by atoms with Gasteiger partial charge in [0.2, 0.25) is 0 Å². The van der Waals surface area contributed by atoms with E-state index in [0.29, 0.717) is 26.3 Å². The van der Waals surface area contributed by atoms with Crippen LogP contribution in [0.15, 0.2) is 0 Å². The van der Waals surface area contributed by atoms with Crippen molar-refractivity contribution in [3.05, 3.63) is 0 Å². The molecule has 0 aliphatic rings. The lowest BCUT2D eigenvalue weighted by Gasteiger charge is -2.19. The third kappa shape index (κ3) is 6.54. The van der Waals surface area contributed by atoms with Gasteiger partial charge in [0.1, 0.15) is 0 Å². The lowest BCUT2D eigenvalue weighted by molar-refractivity contribution is 0.0938. The maximum absolute atomic E-state index is 8.66. The minimum atomic E-state index is 0.131. The van der Waals surface area contributed by atoms with Gasteiger partial charge in [0.15, 0.2) is 0 Å². The molecule has 2 N–H and O–H groups in total. The van der Waals surface area contributed by atoms with Crippen LogP contribution in [0.3, 0.4) is 0 Å². The van der Waals surface area contributed by atoms with Gasteiger partial charge in [0.25, 0.3) is 0 Å². The van der Waals surface area contributed by atoms with Crippen LogP contribution in [0.1, 0.15) is 6.92 Å². The third-order valence-electron chi connectivity index (χ3n) is 1.59. The Bertz CT molecular complexity index is 84.4. The molecule has 4 heteroatoms. The monoisotopic (exact) mass is 177 g/mol. The predicted molar refractivity (Wildman–Crippen MR) is 47.1 cm³/mol. The zero-order valence-corrected chi connectivity index (χ0v) is 7.70. The summed E-state index contributed by atoms with van der Waals surface area (Å²) in [6, 6.07) is 0. The molecule has 0 aliphatic carbocycles. The van der Waals surface area contributed by atoms with Crippen molar-refractivity contribution in [2.24, 2.45) is 0 Å². The Labute approximate surface area is 73.8 Å². The largest absolute Gasteiger partial charge is 0.395 e. The average molecular weight is 177 g/mol. The summed E-state index contributed by atoms with van der Waals surface area (Å²) in [6.45, 7) is 5.57. The minimum Gasteiger partial charge on any atom is -0.395 e. The van der Waals surface area contributed by atoms with Gasteiger partial charge in [0, 0.05) is 26.2 Å². The molecule has 0 aromatic rings. The van der Waals surface area contributed by atoms with Gasteiger partial charge in [-0.25, -0.2) is 0 Å². The standard InChI is InChI=1S/C8H19NO3/c1-2-12-8-5-9(3-6-10)4-7-11/h10-11H,2-8H2,1H3. The molecule has 0 radical (unpaired) electrons. The molecule has 0 bridgehead atoms. The van der Waals surface area contributed by atoms with E-state index in [9.17, 15) is 0 Å². The quantitative estimate of drug-likeness (QED) is 0.482. The van der Waals surface area contributed by atoms with Gasteiger partial charge in [-0.15, -0.1) is 0 Å². The highest BCUT2D eigenvalue weighted by atomic mass is 16.5. The summed E-state index contributed by atoms with van der Waals surface area (Å²) in [6.07, 6.45) is 0. The summed E-state index contributed by atoms with van der Waals surface area (Å²) in [5.74, 6) is 0. The highest BCUT2D eigenvalue weighted by Crippen LogP contribution is 1.87. The molecule has 0 aromatic heterocycles. The summed E-state index contributed by atoms with van der Waals surface area (Å²) in [4.78, 5) is 1.97. The van der Waals surface area contributed by atoms with E-state index in [1.807, 2.05) is 11.8 Å². The van der Waals surface area contributed by atoms with Crippen LogP contribution in [0, 0.1) is 0 Å². The molecule has 0 fully saturated rings. The highest BCUT2D eigenvalue weighted by molar-refractivity contribution is 4.55. The van der Waals surface area contributed by atoms with Crippen LogP contribution >= 0.6 is 0 Å². The summed E-state index contributed by atoms with van der Waals surface area (Å²) < 4.78 is 5.15. The first-order valence-electron chi connectivity index (χ1n) is 4.37. The van der Waals surface area contributed by atoms with Crippen LogP contribution in [0.25, 0.3) is 0 Å². The Morgan fingerprint density at radius 1 is 1.08 bits per heavy atom. The van der Waals surface area contributed by atoms with E-state index in [-0.39, 0.29) is 13.2 Å². The Morgan fingerprint density at radius 2 is 1.67 bits per heavy atom. The fraction of sp³-hybridized carbons (Fsp3) is 1.00. The van der Waals surface area contributed by atoms with Crippen molar-refractivity contribution >= 4 is 0 Å². The molecular weight excluding hydrogens is 158 g/mol. The predicted octanol–water partition coefficient (Wildman–Crippen LogP) is -0.690. The maximum atomic E-state index is 8.66. The van der Waals surface area contributed by atoms with Crippen LogP contribution in [0.2, 0.25) is 0 Å². The molecule has 0 aliphatic heterocycles. The van der Waals surface area contributed by atoms with E-state index in [0.717, 1.165) is 6.54 Å². The minimum absolute atomic E-state index is 0.131. The van der Waals surface area contributed by atoms with Gasteiger partial charge in [-0.2, -0.15) is 0 Å². The number of aliphatic hydroxyl groups excluding tert-OH is 2. The molecule has 0 rings (SSSR count). The van der Waals surface area contributed by atoms with Gasteiger partial charge < -0.3 is 14.9 Å². The molecule has 0 heterocycles. The van der Waals surface area contributed by atoms with Crippen LogP contribution in [-0.2, 0) is 4.74 Å². The van der Waals surface area contributed by atoms with Crippen molar-refractivity contribution in [3.63, 3.8) is 0 Å². The van der Waals surface area contributed by atoms with Crippen LogP contribution < -0.4 is 0 Å². The lowest BCUT2D eigenvalue weighted by Crippen LogP contribution is -2.32. The SMILES string of the molecule is CCOCCN(CCO)CCO. The number of rotatable bonds is 8. The fourth-order valence-corrected chi connectivity index (χ4v) is 0.956. The third-order valence-corrected chi connectivity index (χ3v) is 1.59. The van der Waals surface area contributed by atoms with Crippen molar-refractivity contribution in [1.82, 2.24) is 4.90 Å². The van der Waals surface area contributed by atoms with Crippen molar-refractivity contribution in [3.8, 4) is 0 Å². The normalized spacial score (nSPS) is 11.0. The highest BCUT2D eigenvalue weighted by Gasteiger charge is 2.01. The molecule has 74 valence electrons. The second-order valence-corrected chi connectivity index (χ2v) is 2.49. The second-order valence-electron chi connectivity index (χ2n) is 2.49. The summed E-state index contributed by atoms with van der Waals surface area (Å²) in [5, 5.41) is 17.3. The van der Waals surface area contributed by atoms with Gasteiger partial charge >= 0.3 is 0 Å². The number of hydrogen-bond donors (Lipinski definition) is 2. The van der Waals surface area contributed by atoms with E-state index in [4.69, 9.17) is 14.9 Å². The molecule has 0 saturated heterocycles. The summed E-state index contributed by atoms with van der Waals surface area (Å²) in [5.41, 5.74) is 0. The first-order valence-corrected chi connectivity index (χ1v) is 4.37. The lowest BCUT2D eigenvalue weighted by atomic mass is 10.4. The van der Waals surface area contributed by atoms with Gasteiger partial charge in [-0.3, -0.25) is 4.90 Å². The van der Waals surface area contributed by atoms with Crippen LogP contribution in [0.5, 0.6) is 0 Å². The Morgan fingerprint density at radius 3 is 2.08 bits per heavy atom. The zero-order chi connectivity index (χ0) is 9.23. The molecule has 4 nitrogen and oxygen atoms in total.